The zero-order valence-electron chi connectivity index (χ0n) is 15.2. The van der Waals surface area contributed by atoms with E-state index < -0.39 is 0 Å². The van der Waals surface area contributed by atoms with Crippen molar-refractivity contribution in [2.75, 3.05) is 6.61 Å². The molecule has 2 heterocycles. The first-order valence-corrected chi connectivity index (χ1v) is 8.94. The SMILES string of the molecule is CCOc1cc2c(cc1/C=C/C(=O)c1ccc3[nH]c(=O)[nH]c3c1)OC(C)C2. The zero-order valence-corrected chi connectivity index (χ0v) is 15.2. The fraction of sp³-hybridized carbons (Fsp3) is 0.238. The number of carbonyl (C=O) groups is 1. The fourth-order valence-electron chi connectivity index (χ4n) is 3.31. The molecule has 6 nitrogen and oxygen atoms in total. The predicted octanol–water partition coefficient (Wildman–Crippen LogP) is 3.47. The molecule has 2 aromatic carbocycles. The van der Waals surface area contributed by atoms with Crippen molar-refractivity contribution in [3.8, 4) is 11.5 Å². The Morgan fingerprint density at radius 2 is 2.07 bits per heavy atom. The molecular formula is C21H20N2O4. The molecular weight excluding hydrogens is 344 g/mol. The van der Waals surface area contributed by atoms with Gasteiger partial charge in [0.15, 0.2) is 5.78 Å². The molecule has 1 aliphatic rings. The van der Waals surface area contributed by atoms with Gasteiger partial charge in [0.1, 0.15) is 17.6 Å². The van der Waals surface area contributed by atoms with Crippen LogP contribution in [0.5, 0.6) is 11.5 Å². The lowest BCUT2D eigenvalue weighted by Crippen LogP contribution is -2.05. The Kier molecular flexibility index (Phi) is 4.32. The summed E-state index contributed by atoms with van der Waals surface area (Å²) in [5.74, 6) is 1.42. The molecule has 3 aromatic rings. The van der Waals surface area contributed by atoms with E-state index in [-0.39, 0.29) is 17.6 Å². The van der Waals surface area contributed by atoms with Gasteiger partial charge >= 0.3 is 5.69 Å². The molecule has 27 heavy (non-hydrogen) atoms. The van der Waals surface area contributed by atoms with Crippen molar-refractivity contribution in [2.45, 2.75) is 26.4 Å². The zero-order chi connectivity index (χ0) is 19.0. The van der Waals surface area contributed by atoms with Gasteiger partial charge in [-0.15, -0.1) is 0 Å². The average molecular weight is 364 g/mol. The van der Waals surface area contributed by atoms with Gasteiger partial charge < -0.3 is 19.4 Å². The molecule has 6 heteroatoms. The van der Waals surface area contributed by atoms with Gasteiger partial charge in [-0.1, -0.05) is 0 Å². The number of hydrogen-bond acceptors (Lipinski definition) is 4. The molecule has 0 spiro atoms. The van der Waals surface area contributed by atoms with Crippen LogP contribution < -0.4 is 15.2 Å². The second-order valence-electron chi connectivity index (χ2n) is 6.60. The highest BCUT2D eigenvalue weighted by Gasteiger charge is 2.21. The Labute approximate surface area is 155 Å². The lowest BCUT2D eigenvalue weighted by molar-refractivity contribution is 0.104. The van der Waals surface area contributed by atoms with Gasteiger partial charge in [0.05, 0.1) is 17.6 Å². The molecule has 1 unspecified atom stereocenters. The van der Waals surface area contributed by atoms with E-state index in [1.165, 1.54) is 6.08 Å². The normalized spacial score (nSPS) is 15.9. The van der Waals surface area contributed by atoms with Crippen LogP contribution in [0.1, 0.15) is 35.3 Å². The number of imidazole rings is 1. The van der Waals surface area contributed by atoms with E-state index in [0.717, 1.165) is 29.0 Å². The smallest absolute Gasteiger partial charge is 0.323 e. The molecule has 0 aliphatic carbocycles. The number of aromatic nitrogens is 2. The first-order valence-electron chi connectivity index (χ1n) is 8.94. The van der Waals surface area contributed by atoms with Gasteiger partial charge in [-0.3, -0.25) is 4.79 Å². The van der Waals surface area contributed by atoms with E-state index in [4.69, 9.17) is 9.47 Å². The van der Waals surface area contributed by atoms with Crippen LogP contribution in [0.15, 0.2) is 41.2 Å². The van der Waals surface area contributed by atoms with Crippen molar-refractivity contribution >= 4 is 22.9 Å². The van der Waals surface area contributed by atoms with E-state index in [0.29, 0.717) is 23.2 Å². The number of hydrogen-bond donors (Lipinski definition) is 2. The quantitative estimate of drug-likeness (QED) is 0.536. The number of nitrogens with one attached hydrogen (secondary N) is 2. The van der Waals surface area contributed by atoms with Crippen molar-refractivity contribution in [1.29, 1.82) is 0 Å². The summed E-state index contributed by atoms with van der Waals surface area (Å²) < 4.78 is 11.5. The Bertz CT molecular complexity index is 1110. The third-order valence-corrected chi connectivity index (χ3v) is 4.54. The van der Waals surface area contributed by atoms with Gasteiger partial charge in [0, 0.05) is 23.1 Å². The second-order valence-corrected chi connectivity index (χ2v) is 6.60. The summed E-state index contributed by atoms with van der Waals surface area (Å²) in [5.41, 5.74) is 3.40. The van der Waals surface area contributed by atoms with Crippen LogP contribution >= 0.6 is 0 Å². The maximum absolute atomic E-state index is 12.6. The number of carbonyl (C=O) groups excluding carboxylic acids is 1. The van der Waals surface area contributed by atoms with Gasteiger partial charge in [0.2, 0.25) is 0 Å². The van der Waals surface area contributed by atoms with Crippen LogP contribution in [0, 0.1) is 0 Å². The maximum Gasteiger partial charge on any atom is 0.323 e. The molecule has 1 atom stereocenters. The molecule has 0 saturated heterocycles. The Hall–Kier alpha value is -3.28. The minimum Gasteiger partial charge on any atom is -0.493 e. The summed E-state index contributed by atoms with van der Waals surface area (Å²) in [5, 5.41) is 0. The average Bonchev–Trinajstić information content (AvgIpc) is 3.18. The standard InChI is InChI=1S/C21H20N2O4/c1-3-26-19-11-15-8-12(2)27-20(15)10-14(19)5-7-18(24)13-4-6-16-17(9-13)23-21(25)22-16/h4-7,9-12H,3,8H2,1-2H3,(H2,22,23,25)/b7-5+. The highest BCUT2D eigenvalue weighted by molar-refractivity contribution is 6.08. The number of fused-ring (bicyclic) bond motifs is 2. The number of allylic oxidation sites excluding steroid dienone is 1. The van der Waals surface area contributed by atoms with Crippen molar-refractivity contribution in [2.24, 2.45) is 0 Å². The van der Waals surface area contributed by atoms with E-state index >= 15 is 0 Å². The molecule has 0 radical (unpaired) electrons. The predicted molar refractivity (Wildman–Crippen MR) is 104 cm³/mol. The summed E-state index contributed by atoms with van der Waals surface area (Å²) >= 11 is 0. The molecule has 1 aromatic heterocycles. The first kappa shape index (κ1) is 17.1. The molecule has 4 rings (SSSR count). The highest BCUT2D eigenvalue weighted by atomic mass is 16.5. The van der Waals surface area contributed by atoms with Crippen LogP contribution in [-0.2, 0) is 6.42 Å². The lowest BCUT2D eigenvalue weighted by Gasteiger charge is -2.10. The number of ketones is 1. The lowest BCUT2D eigenvalue weighted by atomic mass is 10.0. The van der Waals surface area contributed by atoms with Gasteiger partial charge in [-0.25, -0.2) is 4.79 Å². The van der Waals surface area contributed by atoms with E-state index in [9.17, 15) is 9.59 Å². The summed E-state index contributed by atoms with van der Waals surface area (Å²) in [7, 11) is 0. The molecule has 0 amide bonds. The summed E-state index contributed by atoms with van der Waals surface area (Å²) in [4.78, 5) is 29.2. The largest absolute Gasteiger partial charge is 0.493 e. The van der Waals surface area contributed by atoms with Crippen molar-refractivity contribution in [3.05, 3.63) is 63.6 Å². The Morgan fingerprint density at radius 1 is 1.26 bits per heavy atom. The minimum absolute atomic E-state index is 0.144. The minimum atomic E-state index is -0.293. The molecule has 0 saturated carbocycles. The van der Waals surface area contributed by atoms with E-state index in [2.05, 4.69) is 9.97 Å². The number of ether oxygens (including phenoxy) is 2. The highest BCUT2D eigenvalue weighted by Crippen LogP contribution is 2.35. The number of benzene rings is 2. The van der Waals surface area contributed by atoms with Crippen molar-refractivity contribution < 1.29 is 14.3 Å². The molecule has 1 aliphatic heterocycles. The van der Waals surface area contributed by atoms with Crippen molar-refractivity contribution in [3.63, 3.8) is 0 Å². The second kappa shape index (κ2) is 6.79. The van der Waals surface area contributed by atoms with Crippen LogP contribution in [0.25, 0.3) is 17.1 Å². The number of H-pyrrole nitrogens is 2. The third-order valence-electron chi connectivity index (χ3n) is 4.54. The van der Waals surface area contributed by atoms with E-state index in [1.54, 1.807) is 24.3 Å². The first-order chi connectivity index (χ1) is 13.0. The Balaban J connectivity index is 1.63. The fourth-order valence-corrected chi connectivity index (χ4v) is 3.31. The van der Waals surface area contributed by atoms with Gasteiger partial charge in [-0.2, -0.15) is 0 Å². The van der Waals surface area contributed by atoms with Crippen LogP contribution in [0.2, 0.25) is 0 Å². The molecule has 0 bridgehead atoms. The summed E-state index contributed by atoms with van der Waals surface area (Å²) in [6, 6.07) is 8.97. The third kappa shape index (κ3) is 3.38. The number of rotatable bonds is 5. The van der Waals surface area contributed by atoms with Crippen LogP contribution in [0.4, 0.5) is 0 Å². The topological polar surface area (TPSA) is 84.2 Å². The summed E-state index contributed by atoms with van der Waals surface area (Å²) in [6.07, 6.45) is 4.25. The van der Waals surface area contributed by atoms with Gasteiger partial charge in [0.25, 0.3) is 0 Å². The number of aromatic amines is 2. The molecule has 0 fully saturated rings. The monoisotopic (exact) mass is 364 g/mol. The molecule has 2 N–H and O–H groups in total. The molecule has 138 valence electrons. The van der Waals surface area contributed by atoms with Crippen LogP contribution in [0.3, 0.4) is 0 Å². The maximum atomic E-state index is 12.6. The van der Waals surface area contributed by atoms with Crippen LogP contribution in [-0.4, -0.2) is 28.5 Å². The van der Waals surface area contributed by atoms with Gasteiger partial charge in [-0.05, 0) is 56.3 Å². The summed E-state index contributed by atoms with van der Waals surface area (Å²) in [6.45, 7) is 4.50. The van der Waals surface area contributed by atoms with Crippen molar-refractivity contribution in [1.82, 2.24) is 9.97 Å². The Morgan fingerprint density at radius 3 is 2.89 bits per heavy atom. The van der Waals surface area contributed by atoms with E-state index in [1.807, 2.05) is 26.0 Å².